The number of hydrogen-bond donors (Lipinski definition) is 4. The second kappa shape index (κ2) is 5.83. The molecule has 1 unspecified atom stereocenters. The predicted octanol–water partition coefficient (Wildman–Crippen LogP) is 0.964. The van der Waals surface area contributed by atoms with E-state index in [0.717, 1.165) is 0 Å². The monoisotopic (exact) mass is 265 g/mol. The van der Waals surface area contributed by atoms with E-state index in [4.69, 9.17) is 5.84 Å². The van der Waals surface area contributed by atoms with Crippen molar-refractivity contribution >= 4 is 11.6 Å². The van der Waals surface area contributed by atoms with E-state index >= 15 is 0 Å². The molecule has 5 N–H and O–H groups in total. The number of hydrazine groups is 1. The number of alkyl halides is 3. The van der Waals surface area contributed by atoms with Crippen molar-refractivity contribution in [2.75, 3.05) is 17.3 Å². The van der Waals surface area contributed by atoms with Gasteiger partial charge in [-0.3, -0.25) is 0 Å². The van der Waals surface area contributed by atoms with Crippen molar-refractivity contribution in [1.82, 2.24) is 9.97 Å². The molecule has 0 aliphatic heterocycles. The normalized spacial score (nSPS) is 13.2. The summed E-state index contributed by atoms with van der Waals surface area (Å²) in [4.78, 5) is 6.50. The molecule has 1 atom stereocenters. The van der Waals surface area contributed by atoms with E-state index in [2.05, 4.69) is 15.3 Å². The molecule has 0 aromatic carbocycles. The molecule has 0 amide bonds. The van der Waals surface area contributed by atoms with Crippen LogP contribution in [0.3, 0.4) is 0 Å². The number of anilines is 2. The van der Waals surface area contributed by atoms with Gasteiger partial charge in [-0.2, -0.15) is 13.2 Å². The van der Waals surface area contributed by atoms with Crippen molar-refractivity contribution in [3.05, 3.63) is 11.9 Å². The zero-order valence-electron chi connectivity index (χ0n) is 9.62. The Bertz CT molecular complexity index is 398. The van der Waals surface area contributed by atoms with Crippen LogP contribution in [0.4, 0.5) is 24.8 Å². The van der Waals surface area contributed by atoms with Crippen LogP contribution in [0, 0.1) is 0 Å². The van der Waals surface area contributed by atoms with Crippen LogP contribution in [0.2, 0.25) is 0 Å². The van der Waals surface area contributed by atoms with Crippen molar-refractivity contribution in [3.63, 3.8) is 0 Å². The highest BCUT2D eigenvalue weighted by Gasteiger charge is 2.35. The molecule has 18 heavy (non-hydrogen) atoms. The fourth-order valence-electron chi connectivity index (χ4n) is 1.11. The fourth-order valence-corrected chi connectivity index (χ4v) is 1.11. The molecule has 6 nitrogen and oxygen atoms in total. The van der Waals surface area contributed by atoms with Gasteiger partial charge in [-0.05, 0) is 6.42 Å². The Kier molecular flexibility index (Phi) is 4.68. The van der Waals surface area contributed by atoms with Crippen molar-refractivity contribution in [1.29, 1.82) is 0 Å². The minimum atomic E-state index is -4.66. The summed E-state index contributed by atoms with van der Waals surface area (Å²) in [6.45, 7) is 1.84. The Balaban J connectivity index is 2.91. The SMILES string of the molecule is CCC(O)CNc1cc(NN)nc(C(F)(F)F)n1. The lowest BCUT2D eigenvalue weighted by atomic mass is 10.3. The fraction of sp³-hybridized carbons (Fsp3) is 0.556. The minimum absolute atomic E-state index is 0.0576. The summed E-state index contributed by atoms with van der Waals surface area (Å²) in [6, 6.07) is 1.22. The summed E-state index contributed by atoms with van der Waals surface area (Å²) in [7, 11) is 0. The van der Waals surface area contributed by atoms with E-state index in [9.17, 15) is 18.3 Å². The van der Waals surface area contributed by atoms with Gasteiger partial charge in [0.25, 0.3) is 0 Å². The Morgan fingerprint density at radius 3 is 2.50 bits per heavy atom. The number of nitrogens with one attached hydrogen (secondary N) is 2. The van der Waals surface area contributed by atoms with E-state index < -0.39 is 18.1 Å². The number of nitrogens with two attached hydrogens (primary N) is 1. The second-order valence-corrected chi connectivity index (χ2v) is 3.55. The lowest BCUT2D eigenvalue weighted by Gasteiger charge is -2.13. The van der Waals surface area contributed by atoms with Gasteiger partial charge < -0.3 is 15.8 Å². The summed E-state index contributed by atoms with van der Waals surface area (Å²) < 4.78 is 37.4. The number of aromatic nitrogens is 2. The average molecular weight is 265 g/mol. The van der Waals surface area contributed by atoms with Crippen LogP contribution in [0.1, 0.15) is 19.2 Å². The molecule has 0 saturated heterocycles. The Morgan fingerprint density at radius 1 is 1.39 bits per heavy atom. The van der Waals surface area contributed by atoms with E-state index in [1.807, 2.05) is 5.43 Å². The van der Waals surface area contributed by atoms with E-state index in [1.54, 1.807) is 6.92 Å². The summed E-state index contributed by atoms with van der Waals surface area (Å²) in [5.41, 5.74) is 2.03. The van der Waals surface area contributed by atoms with Gasteiger partial charge in [0.2, 0.25) is 5.82 Å². The number of rotatable bonds is 5. The second-order valence-electron chi connectivity index (χ2n) is 3.55. The maximum Gasteiger partial charge on any atom is 0.451 e. The van der Waals surface area contributed by atoms with Crippen molar-refractivity contribution < 1.29 is 18.3 Å². The maximum absolute atomic E-state index is 12.5. The standard InChI is InChI=1S/C9H14F3N5O/c1-2-5(18)4-14-6-3-7(17-13)16-8(15-6)9(10,11)12/h3,5,18H,2,4,13H2,1H3,(H2,14,15,16,17). The van der Waals surface area contributed by atoms with Gasteiger partial charge in [-0.25, -0.2) is 15.8 Å². The highest BCUT2D eigenvalue weighted by atomic mass is 19.4. The number of nitrogen functional groups attached to an aromatic ring is 1. The minimum Gasteiger partial charge on any atom is -0.391 e. The first kappa shape index (κ1) is 14.5. The van der Waals surface area contributed by atoms with Gasteiger partial charge in [0.1, 0.15) is 11.6 Å². The van der Waals surface area contributed by atoms with Crippen LogP contribution in [0.5, 0.6) is 0 Å². The first-order chi connectivity index (χ1) is 8.36. The highest BCUT2D eigenvalue weighted by molar-refractivity contribution is 5.47. The summed E-state index contributed by atoms with van der Waals surface area (Å²) in [6.07, 6.45) is -4.85. The molecular formula is C9H14F3N5O. The van der Waals surface area contributed by atoms with Crippen LogP contribution in [0.25, 0.3) is 0 Å². The molecule has 1 aromatic heterocycles. The third kappa shape index (κ3) is 4.00. The molecule has 1 heterocycles. The molecule has 9 heteroatoms. The van der Waals surface area contributed by atoms with Gasteiger partial charge in [0.15, 0.2) is 0 Å². The highest BCUT2D eigenvalue weighted by Crippen LogP contribution is 2.28. The lowest BCUT2D eigenvalue weighted by molar-refractivity contribution is -0.144. The third-order valence-electron chi connectivity index (χ3n) is 2.12. The number of aliphatic hydroxyl groups is 1. The smallest absolute Gasteiger partial charge is 0.391 e. The predicted molar refractivity (Wildman–Crippen MR) is 59.6 cm³/mol. The maximum atomic E-state index is 12.5. The van der Waals surface area contributed by atoms with Crippen molar-refractivity contribution in [3.8, 4) is 0 Å². The Morgan fingerprint density at radius 2 is 2.00 bits per heavy atom. The number of hydrogen-bond acceptors (Lipinski definition) is 6. The van der Waals surface area contributed by atoms with Gasteiger partial charge in [-0.15, -0.1) is 0 Å². The zero-order valence-corrected chi connectivity index (χ0v) is 9.62. The van der Waals surface area contributed by atoms with Crippen LogP contribution >= 0.6 is 0 Å². The molecule has 0 spiro atoms. The van der Waals surface area contributed by atoms with Gasteiger partial charge >= 0.3 is 6.18 Å². The Labute approximate surface area is 101 Å². The summed E-state index contributed by atoms with van der Waals surface area (Å²) >= 11 is 0. The molecule has 0 bridgehead atoms. The quantitative estimate of drug-likeness (QED) is 0.468. The van der Waals surface area contributed by atoms with Gasteiger partial charge in [0.05, 0.1) is 6.10 Å². The first-order valence-electron chi connectivity index (χ1n) is 5.21. The zero-order chi connectivity index (χ0) is 13.8. The first-order valence-corrected chi connectivity index (χ1v) is 5.21. The van der Waals surface area contributed by atoms with Gasteiger partial charge in [0, 0.05) is 12.6 Å². The largest absolute Gasteiger partial charge is 0.451 e. The third-order valence-corrected chi connectivity index (χ3v) is 2.12. The van der Waals surface area contributed by atoms with E-state index in [0.29, 0.717) is 6.42 Å². The van der Waals surface area contributed by atoms with Gasteiger partial charge in [-0.1, -0.05) is 6.92 Å². The summed E-state index contributed by atoms with van der Waals surface area (Å²) in [5, 5.41) is 11.9. The lowest BCUT2D eigenvalue weighted by Crippen LogP contribution is -2.21. The average Bonchev–Trinajstić information content (AvgIpc) is 2.34. The number of aliphatic hydroxyl groups excluding tert-OH is 1. The van der Waals surface area contributed by atoms with Crippen LogP contribution < -0.4 is 16.6 Å². The molecule has 102 valence electrons. The summed E-state index contributed by atoms with van der Waals surface area (Å²) in [5.74, 6) is 3.51. The molecule has 1 rings (SSSR count). The Hall–Kier alpha value is -1.61. The molecular weight excluding hydrogens is 251 g/mol. The number of nitrogens with zero attached hydrogens (tertiary/aromatic N) is 2. The van der Waals surface area contributed by atoms with E-state index in [1.165, 1.54) is 6.07 Å². The van der Waals surface area contributed by atoms with Crippen LogP contribution in [0.15, 0.2) is 6.07 Å². The molecule has 0 saturated carbocycles. The van der Waals surface area contributed by atoms with Crippen LogP contribution in [-0.2, 0) is 6.18 Å². The van der Waals surface area contributed by atoms with Crippen LogP contribution in [-0.4, -0.2) is 27.7 Å². The van der Waals surface area contributed by atoms with E-state index in [-0.39, 0.29) is 18.2 Å². The molecule has 0 aliphatic carbocycles. The topological polar surface area (TPSA) is 96.1 Å². The molecule has 0 fully saturated rings. The molecule has 0 aliphatic rings. The molecule has 0 radical (unpaired) electrons. The number of halogens is 3. The van der Waals surface area contributed by atoms with Crippen molar-refractivity contribution in [2.45, 2.75) is 25.6 Å². The molecule has 1 aromatic rings. The van der Waals surface area contributed by atoms with Crippen molar-refractivity contribution in [2.24, 2.45) is 5.84 Å².